The highest BCUT2D eigenvalue weighted by molar-refractivity contribution is 4.81. The van der Waals surface area contributed by atoms with E-state index in [1.807, 2.05) is 6.92 Å². The summed E-state index contributed by atoms with van der Waals surface area (Å²) < 4.78 is 15.5. The molecule has 1 aliphatic rings. The first-order valence-electron chi connectivity index (χ1n) is 4.08. The number of rotatable bonds is 2. The van der Waals surface area contributed by atoms with Gasteiger partial charge in [0.15, 0.2) is 6.29 Å². The summed E-state index contributed by atoms with van der Waals surface area (Å²) in [5.74, 6) is 0. The molecule has 0 spiro atoms. The smallest absolute Gasteiger partial charge is 0.160 e. The molecule has 0 aromatic carbocycles. The molecule has 0 aliphatic carbocycles. The van der Waals surface area contributed by atoms with Crippen molar-refractivity contribution in [3.05, 3.63) is 0 Å². The molecule has 1 N–H and O–H groups in total. The van der Waals surface area contributed by atoms with Crippen LogP contribution in [0.25, 0.3) is 0 Å². The topological polar surface area (TPSA) is 47.9 Å². The summed E-state index contributed by atoms with van der Waals surface area (Å²) in [6, 6.07) is 0. The number of hydrogen-bond acceptors (Lipinski definition) is 4. The molecule has 1 aliphatic heterocycles. The number of hydrogen-bond donors (Lipinski definition) is 1. The Hall–Kier alpha value is -0.160. The van der Waals surface area contributed by atoms with Crippen LogP contribution in [-0.2, 0) is 14.2 Å². The first-order chi connectivity index (χ1) is 5.69. The quantitative estimate of drug-likeness (QED) is 0.650. The third-order valence-electron chi connectivity index (χ3n) is 2.18. The van der Waals surface area contributed by atoms with E-state index in [0.29, 0.717) is 6.42 Å². The molecule has 0 amide bonds. The first kappa shape index (κ1) is 9.92. The van der Waals surface area contributed by atoms with Gasteiger partial charge >= 0.3 is 0 Å². The molecule has 0 bridgehead atoms. The molecule has 4 nitrogen and oxygen atoms in total. The van der Waals surface area contributed by atoms with E-state index in [9.17, 15) is 5.11 Å². The lowest BCUT2D eigenvalue weighted by molar-refractivity contribution is -0.242. The molecule has 12 heavy (non-hydrogen) atoms. The van der Waals surface area contributed by atoms with Crippen molar-refractivity contribution in [3.8, 4) is 0 Å². The van der Waals surface area contributed by atoms with E-state index in [1.54, 1.807) is 14.2 Å². The van der Waals surface area contributed by atoms with Crippen molar-refractivity contribution in [2.75, 3.05) is 14.2 Å². The summed E-state index contributed by atoms with van der Waals surface area (Å²) in [4.78, 5) is 0. The largest absolute Gasteiger partial charge is 0.390 e. The first-order valence-corrected chi connectivity index (χ1v) is 4.08. The SMILES string of the molecule is CO[C@@H]1C[C@H](O)[C@@H](OC)[C@H](C)O1. The van der Waals surface area contributed by atoms with Gasteiger partial charge in [0.1, 0.15) is 6.10 Å². The van der Waals surface area contributed by atoms with Gasteiger partial charge in [-0.15, -0.1) is 0 Å². The molecule has 4 heteroatoms. The van der Waals surface area contributed by atoms with Crippen LogP contribution < -0.4 is 0 Å². The van der Waals surface area contributed by atoms with Crippen molar-refractivity contribution in [3.63, 3.8) is 0 Å². The fourth-order valence-corrected chi connectivity index (χ4v) is 1.52. The van der Waals surface area contributed by atoms with Gasteiger partial charge in [0.25, 0.3) is 0 Å². The Morgan fingerprint density at radius 1 is 1.33 bits per heavy atom. The minimum Gasteiger partial charge on any atom is -0.390 e. The minimum atomic E-state index is -0.497. The number of methoxy groups -OCH3 is 2. The highest BCUT2D eigenvalue weighted by atomic mass is 16.7. The number of ether oxygens (including phenoxy) is 3. The Morgan fingerprint density at radius 3 is 2.42 bits per heavy atom. The van der Waals surface area contributed by atoms with Gasteiger partial charge < -0.3 is 19.3 Å². The maximum absolute atomic E-state index is 9.56. The zero-order valence-electron chi connectivity index (χ0n) is 7.69. The van der Waals surface area contributed by atoms with E-state index in [1.165, 1.54) is 0 Å². The molecule has 0 saturated carbocycles. The van der Waals surface area contributed by atoms with Gasteiger partial charge in [-0.25, -0.2) is 0 Å². The second-order valence-corrected chi connectivity index (χ2v) is 3.01. The normalized spacial score (nSPS) is 43.0. The second-order valence-electron chi connectivity index (χ2n) is 3.01. The molecule has 72 valence electrons. The second kappa shape index (κ2) is 4.18. The standard InChI is InChI=1S/C8H16O4/c1-5-8(11-3)6(9)4-7(10-2)12-5/h5-9H,4H2,1-3H3/t5-,6-,7-,8-/m0/s1. The van der Waals surface area contributed by atoms with Gasteiger partial charge in [-0.2, -0.15) is 0 Å². The summed E-state index contributed by atoms with van der Waals surface area (Å²) in [7, 11) is 3.14. The van der Waals surface area contributed by atoms with Crippen LogP contribution in [0.4, 0.5) is 0 Å². The minimum absolute atomic E-state index is 0.122. The number of aliphatic hydroxyl groups excluding tert-OH is 1. The molecule has 4 atom stereocenters. The summed E-state index contributed by atoms with van der Waals surface area (Å²) in [5, 5.41) is 9.56. The van der Waals surface area contributed by atoms with Crippen LogP contribution >= 0.6 is 0 Å². The van der Waals surface area contributed by atoms with Crippen LogP contribution in [0, 0.1) is 0 Å². The molecule has 0 radical (unpaired) electrons. The van der Waals surface area contributed by atoms with Gasteiger partial charge in [0, 0.05) is 20.6 Å². The van der Waals surface area contributed by atoms with E-state index < -0.39 is 6.10 Å². The Bertz CT molecular complexity index is 127. The van der Waals surface area contributed by atoms with Crippen LogP contribution in [0.3, 0.4) is 0 Å². The van der Waals surface area contributed by atoms with E-state index in [2.05, 4.69) is 0 Å². The van der Waals surface area contributed by atoms with Crippen molar-refractivity contribution < 1.29 is 19.3 Å². The molecular weight excluding hydrogens is 160 g/mol. The van der Waals surface area contributed by atoms with Crippen LogP contribution in [0.1, 0.15) is 13.3 Å². The fourth-order valence-electron chi connectivity index (χ4n) is 1.52. The predicted octanol–water partition coefficient (Wildman–Crippen LogP) is 0.144. The maximum atomic E-state index is 9.56. The summed E-state index contributed by atoms with van der Waals surface area (Å²) in [6.45, 7) is 1.86. The average molecular weight is 176 g/mol. The summed E-state index contributed by atoms with van der Waals surface area (Å²) in [5.41, 5.74) is 0. The van der Waals surface area contributed by atoms with E-state index >= 15 is 0 Å². The Kier molecular flexibility index (Phi) is 3.46. The third-order valence-corrected chi connectivity index (χ3v) is 2.18. The van der Waals surface area contributed by atoms with Crippen molar-refractivity contribution in [1.82, 2.24) is 0 Å². The van der Waals surface area contributed by atoms with E-state index in [0.717, 1.165) is 0 Å². The van der Waals surface area contributed by atoms with Crippen LogP contribution in [-0.4, -0.2) is 43.9 Å². The zero-order valence-corrected chi connectivity index (χ0v) is 7.69. The van der Waals surface area contributed by atoms with Gasteiger partial charge in [0.05, 0.1) is 12.2 Å². The predicted molar refractivity (Wildman–Crippen MR) is 42.8 cm³/mol. The number of aliphatic hydroxyl groups is 1. The van der Waals surface area contributed by atoms with Crippen LogP contribution in [0.15, 0.2) is 0 Å². The molecule has 1 fully saturated rings. The van der Waals surface area contributed by atoms with E-state index in [4.69, 9.17) is 14.2 Å². The van der Waals surface area contributed by atoms with Crippen molar-refractivity contribution in [2.45, 2.75) is 37.9 Å². The molecule has 1 saturated heterocycles. The monoisotopic (exact) mass is 176 g/mol. The molecule has 0 unspecified atom stereocenters. The molecule has 0 aromatic heterocycles. The average Bonchev–Trinajstić information content (AvgIpc) is 2.03. The van der Waals surface area contributed by atoms with Gasteiger partial charge in [-0.1, -0.05) is 0 Å². The molecule has 1 heterocycles. The Balaban J connectivity index is 2.51. The van der Waals surface area contributed by atoms with Crippen LogP contribution in [0.2, 0.25) is 0 Å². The lowest BCUT2D eigenvalue weighted by Crippen LogP contribution is -2.48. The highest BCUT2D eigenvalue weighted by Crippen LogP contribution is 2.22. The fraction of sp³-hybridized carbons (Fsp3) is 1.00. The lowest BCUT2D eigenvalue weighted by Gasteiger charge is -2.36. The summed E-state index contributed by atoms with van der Waals surface area (Å²) in [6.07, 6.45) is -0.690. The van der Waals surface area contributed by atoms with Gasteiger partial charge in [-0.3, -0.25) is 0 Å². The van der Waals surface area contributed by atoms with Crippen LogP contribution in [0.5, 0.6) is 0 Å². The summed E-state index contributed by atoms with van der Waals surface area (Å²) >= 11 is 0. The Morgan fingerprint density at radius 2 is 2.00 bits per heavy atom. The van der Waals surface area contributed by atoms with E-state index in [-0.39, 0.29) is 18.5 Å². The van der Waals surface area contributed by atoms with Crippen molar-refractivity contribution in [2.24, 2.45) is 0 Å². The Labute approximate surface area is 72.4 Å². The maximum Gasteiger partial charge on any atom is 0.160 e. The molecule has 1 rings (SSSR count). The zero-order chi connectivity index (χ0) is 9.14. The molecular formula is C8H16O4. The van der Waals surface area contributed by atoms with Crippen molar-refractivity contribution in [1.29, 1.82) is 0 Å². The van der Waals surface area contributed by atoms with Gasteiger partial charge in [0.2, 0.25) is 0 Å². The third kappa shape index (κ3) is 1.95. The highest BCUT2D eigenvalue weighted by Gasteiger charge is 2.35. The lowest BCUT2D eigenvalue weighted by atomic mass is 10.0. The molecule has 0 aromatic rings. The van der Waals surface area contributed by atoms with Crippen molar-refractivity contribution >= 4 is 0 Å². The van der Waals surface area contributed by atoms with Gasteiger partial charge in [-0.05, 0) is 6.92 Å².